The van der Waals surface area contributed by atoms with Gasteiger partial charge >= 0.3 is 0 Å². The van der Waals surface area contributed by atoms with Gasteiger partial charge in [0.1, 0.15) is 12.3 Å². The van der Waals surface area contributed by atoms with Crippen molar-refractivity contribution in [3.05, 3.63) is 42.3 Å². The Morgan fingerprint density at radius 2 is 2.33 bits per heavy atom. The van der Waals surface area contributed by atoms with E-state index in [1.807, 2.05) is 30.4 Å². The second-order valence-corrected chi connectivity index (χ2v) is 3.96. The predicted molar refractivity (Wildman–Crippen MR) is 71.4 cm³/mol. The normalized spacial score (nSPS) is 14.1. The summed E-state index contributed by atoms with van der Waals surface area (Å²) in [5.74, 6) is 0. The number of nitrogen functional groups attached to an aromatic ring is 1. The van der Waals surface area contributed by atoms with Gasteiger partial charge in [0.25, 0.3) is 0 Å². The highest BCUT2D eigenvalue weighted by molar-refractivity contribution is 5.95. The number of terminal acetylenes is 1. The van der Waals surface area contributed by atoms with E-state index in [0.29, 0.717) is 12.3 Å². The van der Waals surface area contributed by atoms with Crippen LogP contribution in [0, 0.1) is 12.5 Å². The minimum Gasteiger partial charge on any atom is -0.497 e. The summed E-state index contributed by atoms with van der Waals surface area (Å²) in [7, 11) is 0. The largest absolute Gasteiger partial charge is 0.497 e. The average Bonchev–Trinajstić information content (AvgIpc) is 2.77. The Labute approximate surface area is 104 Å². The third-order valence-electron chi connectivity index (χ3n) is 2.84. The lowest BCUT2D eigenvalue weighted by atomic mass is 10.1. The van der Waals surface area contributed by atoms with Gasteiger partial charge in [-0.3, -0.25) is 0 Å². The molecule has 1 aliphatic rings. The van der Waals surface area contributed by atoms with Crippen molar-refractivity contribution in [3.8, 4) is 12.5 Å². The van der Waals surface area contributed by atoms with Crippen LogP contribution < -0.4 is 5.73 Å². The summed E-state index contributed by atoms with van der Waals surface area (Å²) in [4.78, 5) is 0. The third kappa shape index (κ3) is 1.54. The number of benzene rings is 1. The van der Waals surface area contributed by atoms with Crippen molar-refractivity contribution < 1.29 is 4.74 Å². The number of hydrogen-bond donors (Lipinski definition) is 1. The van der Waals surface area contributed by atoms with Gasteiger partial charge in [-0.05, 0) is 30.4 Å². The van der Waals surface area contributed by atoms with E-state index in [2.05, 4.69) is 11.1 Å². The summed E-state index contributed by atoms with van der Waals surface area (Å²) in [6.07, 6.45) is 10.9. The molecule has 1 aromatic carbocycles. The zero-order valence-corrected chi connectivity index (χ0v) is 9.63. The lowest BCUT2D eigenvalue weighted by molar-refractivity contribution is 0.287. The monoisotopic (exact) mass is 237 g/mol. The molecule has 0 fully saturated rings. The van der Waals surface area contributed by atoms with Crippen molar-refractivity contribution in [1.82, 2.24) is 9.78 Å². The Balaban J connectivity index is 2.29. The molecule has 0 bridgehead atoms. The first-order chi connectivity index (χ1) is 8.79. The Hall–Kier alpha value is -2.67. The molecule has 3 rings (SSSR count). The van der Waals surface area contributed by atoms with Crippen LogP contribution in [0.4, 0.5) is 5.69 Å². The van der Waals surface area contributed by atoms with E-state index in [1.54, 1.807) is 6.26 Å². The SMILES string of the molecule is C#Cn1nc(C2=CCOC=C2)c2cc(N)ccc21. The van der Waals surface area contributed by atoms with Gasteiger partial charge in [-0.15, -0.1) is 0 Å². The summed E-state index contributed by atoms with van der Waals surface area (Å²) in [6, 6.07) is 8.11. The van der Waals surface area contributed by atoms with Gasteiger partial charge in [-0.1, -0.05) is 6.42 Å². The fraction of sp³-hybridized carbons (Fsp3) is 0.0714. The first kappa shape index (κ1) is 10.5. The number of aromatic nitrogens is 2. The molecule has 4 heteroatoms. The minimum atomic E-state index is 0.540. The first-order valence-electron chi connectivity index (χ1n) is 5.53. The molecule has 0 saturated heterocycles. The zero-order chi connectivity index (χ0) is 12.5. The van der Waals surface area contributed by atoms with E-state index in [0.717, 1.165) is 22.2 Å². The molecule has 0 atom stereocenters. The second-order valence-electron chi connectivity index (χ2n) is 3.96. The predicted octanol–water partition coefficient (Wildman–Crippen LogP) is 1.98. The van der Waals surface area contributed by atoms with Crippen LogP contribution in [0.25, 0.3) is 16.5 Å². The number of nitrogens with two attached hydrogens (primary N) is 1. The van der Waals surface area contributed by atoms with Crippen LogP contribution in [0.5, 0.6) is 0 Å². The van der Waals surface area contributed by atoms with Crippen molar-refractivity contribution in [2.75, 3.05) is 12.3 Å². The molecular formula is C14H11N3O. The van der Waals surface area contributed by atoms with Gasteiger partial charge in [-0.25, -0.2) is 0 Å². The molecule has 0 aliphatic carbocycles. The molecular weight excluding hydrogens is 226 g/mol. The topological polar surface area (TPSA) is 53.1 Å². The number of anilines is 1. The molecule has 1 aromatic heterocycles. The van der Waals surface area contributed by atoms with Crippen LogP contribution in [0.3, 0.4) is 0 Å². The molecule has 0 saturated carbocycles. The van der Waals surface area contributed by atoms with E-state index in [4.69, 9.17) is 16.9 Å². The Kier molecular flexibility index (Phi) is 2.31. The average molecular weight is 237 g/mol. The Morgan fingerprint density at radius 1 is 1.44 bits per heavy atom. The highest BCUT2D eigenvalue weighted by Crippen LogP contribution is 2.27. The van der Waals surface area contributed by atoms with Gasteiger partial charge in [0, 0.05) is 22.7 Å². The van der Waals surface area contributed by atoms with Gasteiger partial charge < -0.3 is 10.5 Å². The fourth-order valence-corrected chi connectivity index (χ4v) is 2.01. The van der Waals surface area contributed by atoms with Gasteiger partial charge in [0.2, 0.25) is 0 Å². The van der Waals surface area contributed by atoms with E-state index in [1.165, 1.54) is 4.68 Å². The molecule has 0 radical (unpaired) electrons. The molecule has 2 N–H and O–H groups in total. The summed E-state index contributed by atoms with van der Waals surface area (Å²) in [5.41, 5.74) is 9.21. The maximum atomic E-state index is 5.82. The maximum absolute atomic E-state index is 5.82. The van der Waals surface area contributed by atoms with Crippen molar-refractivity contribution in [2.45, 2.75) is 0 Å². The lowest BCUT2D eigenvalue weighted by Gasteiger charge is -2.05. The summed E-state index contributed by atoms with van der Waals surface area (Å²) < 4.78 is 6.66. The second kappa shape index (κ2) is 3.97. The molecule has 0 spiro atoms. The van der Waals surface area contributed by atoms with Crippen LogP contribution in [0.1, 0.15) is 5.69 Å². The molecule has 0 amide bonds. The van der Waals surface area contributed by atoms with E-state index >= 15 is 0 Å². The minimum absolute atomic E-state index is 0.540. The highest BCUT2D eigenvalue weighted by Gasteiger charge is 2.13. The maximum Gasteiger partial charge on any atom is 0.106 e. The van der Waals surface area contributed by atoms with E-state index < -0.39 is 0 Å². The number of ether oxygens (including phenoxy) is 1. The van der Waals surface area contributed by atoms with Crippen LogP contribution in [0.15, 0.2) is 36.6 Å². The van der Waals surface area contributed by atoms with Crippen LogP contribution in [0.2, 0.25) is 0 Å². The quantitative estimate of drug-likeness (QED) is 0.609. The molecule has 1 aliphatic heterocycles. The molecule has 4 nitrogen and oxygen atoms in total. The molecule has 88 valence electrons. The van der Waals surface area contributed by atoms with Crippen LogP contribution >= 0.6 is 0 Å². The number of nitrogens with zero attached hydrogens (tertiary/aromatic N) is 2. The number of hydrogen-bond acceptors (Lipinski definition) is 3. The lowest BCUT2D eigenvalue weighted by Crippen LogP contribution is -1.95. The molecule has 2 aromatic rings. The smallest absolute Gasteiger partial charge is 0.106 e. The summed E-state index contributed by atoms with van der Waals surface area (Å²) >= 11 is 0. The van der Waals surface area contributed by atoms with Gasteiger partial charge in [-0.2, -0.15) is 9.78 Å². The standard InChI is InChI=1S/C14H11N3O/c1-2-17-13-4-3-11(15)9-12(13)14(16-17)10-5-7-18-8-6-10/h1,3-7,9H,8,15H2. The van der Waals surface area contributed by atoms with Gasteiger partial charge in [0.05, 0.1) is 11.8 Å². The highest BCUT2D eigenvalue weighted by atomic mass is 16.5. The molecule has 2 heterocycles. The van der Waals surface area contributed by atoms with E-state index in [-0.39, 0.29) is 0 Å². The summed E-state index contributed by atoms with van der Waals surface area (Å²) in [5, 5.41) is 5.37. The van der Waals surface area contributed by atoms with Crippen molar-refractivity contribution in [1.29, 1.82) is 0 Å². The number of rotatable bonds is 1. The molecule has 0 unspecified atom stereocenters. The number of allylic oxidation sites excluding steroid dienone is 2. The van der Waals surface area contributed by atoms with Crippen LogP contribution in [-0.4, -0.2) is 16.4 Å². The Morgan fingerprint density at radius 3 is 3.06 bits per heavy atom. The third-order valence-corrected chi connectivity index (χ3v) is 2.84. The van der Waals surface area contributed by atoms with Crippen molar-refractivity contribution in [3.63, 3.8) is 0 Å². The first-order valence-corrected chi connectivity index (χ1v) is 5.53. The van der Waals surface area contributed by atoms with Crippen molar-refractivity contribution >= 4 is 22.2 Å². The van der Waals surface area contributed by atoms with Gasteiger partial charge in [0.15, 0.2) is 0 Å². The zero-order valence-electron chi connectivity index (χ0n) is 9.63. The fourth-order valence-electron chi connectivity index (χ4n) is 2.01. The molecule has 18 heavy (non-hydrogen) atoms. The Bertz CT molecular complexity index is 716. The summed E-state index contributed by atoms with van der Waals surface area (Å²) in [6.45, 7) is 0.540. The number of fused-ring (bicyclic) bond motifs is 1. The van der Waals surface area contributed by atoms with Crippen LogP contribution in [-0.2, 0) is 4.74 Å². The van der Waals surface area contributed by atoms with Crippen molar-refractivity contribution in [2.24, 2.45) is 0 Å². The van der Waals surface area contributed by atoms with E-state index in [9.17, 15) is 0 Å².